The smallest absolute Gasteiger partial charge is 0.262 e. The van der Waals surface area contributed by atoms with Crippen LogP contribution in [0.2, 0.25) is 15.1 Å². The normalized spacial score (nSPS) is 11.9. The molecule has 0 saturated heterocycles. The van der Waals surface area contributed by atoms with E-state index >= 15 is 0 Å². The predicted molar refractivity (Wildman–Crippen MR) is 147 cm³/mol. The summed E-state index contributed by atoms with van der Waals surface area (Å²) < 4.78 is 11.3. The molecule has 3 aromatic rings. The van der Waals surface area contributed by atoms with Crippen molar-refractivity contribution in [3.8, 4) is 11.5 Å². The van der Waals surface area contributed by atoms with Crippen molar-refractivity contribution in [3.63, 3.8) is 0 Å². The Labute approximate surface area is 230 Å². The van der Waals surface area contributed by atoms with Gasteiger partial charge in [0.15, 0.2) is 11.5 Å². The molecule has 3 aromatic carbocycles. The zero-order valence-electron chi connectivity index (χ0n) is 20.4. The van der Waals surface area contributed by atoms with Crippen LogP contribution in [-0.4, -0.2) is 31.2 Å². The van der Waals surface area contributed by atoms with Crippen LogP contribution in [0.1, 0.15) is 35.3 Å². The van der Waals surface area contributed by atoms with E-state index in [-0.39, 0.29) is 10.9 Å². The number of amides is 2. The van der Waals surface area contributed by atoms with Gasteiger partial charge in [0.25, 0.3) is 11.8 Å². The van der Waals surface area contributed by atoms with Crippen LogP contribution in [0.3, 0.4) is 0 Å². The van der Waals surface area contributed by atoms with Gasteiger partial charge in [0.1, 0.15) is 12.6 Å². The standard InChI is InChI=1S/C27H26Cl3N3O4/c1-16(2)25(32-26(34)19-7-10-21(29)22(30)13-19)27(35)33-31-14-18-6-11-23(24(12-18)36-3)37-15-17-4-8-20(28)9-5-17/h4-14,16,25H,15H2,1-3H3,(H,32,34)(H,33,35)/b31-14-. The highest BCUT2D eigenvalue weighted by Gasteiger charge is 2.24. The number of nitrogens with one attached hydrogen (secondary N) is 2. The second-order valence-corrected chi connectivity index (χ2v) is 9.63. The van der Waals surface area contributed by atoms with Gasteiger partial charge in [-0.25, -0.2) is 5.43 Å². The molecule has 7 nitrogen and oxygen atoms in total. The molecule has 2 amide bonds. The molecule has 0 radical (unpaired) electrons. The Morgan fingerprint density at radius 3 is 2.32 bits per heavy atom. The van der Waals surface area contributed by atoms with E-state index in [0.717, 1.165) is 5.56 Å². The summed E-state index contributed by atoms with van der Waals surface area (Å²) in [5.41, 5.74) is 4.41. The number of hydrogen-bond donors (Lipinski definition) is 2. The molecule has 0 fully saturated rings. The molecular formula is C27H26Cl3N3O4. The van der Waals surface area contributed by atoms with E-state index in [2.05, 4.69) is 15.8 Å². The van der Waals surface area contributed by atoms with E-state index in [9.17, 15) is 9.59 Å². The number of carbonyl (C=O) groups excluding carboxylic acids is 2. The number of hydrogen-bond acceptors (Lipinski definition) is 5. The third-order valence-corrected chi connectivity index (χ3v) is 6.29. The average Bonchev–Trinajstić information content (AvgIpc) is 2.88. The van der Waals surface area contributed by atoms with Crippen LogP contribution in [0.25, 0.3) is 0 Å². The molecule has 0 aliphatic carbocycles. The molecule has 10 heteroatoms. The summed E-state index contributed by atoms with van der Waals surface area (Å²) >= 11 is 17.8. The maximum atomic E-state index is 12.7. The third kappa shape index (κ3) is 8.12. The van der Waals surface area contributed by atoms with Gasteiger partial charge in [0, 0.05) is 10.6 Å². The summed E-state index contributed by atoms with van der Waals surface area (Å²) in [6.45, 7) is 3.98. The van der Waals surface area contributed by atoms with Crippen molar-refractivity contribution in [1.82, 2.24) is 10.7 Å². The highest BCUT2D eigenvalue weighted by Crippen LogP contribution is 2.28. The van der Waals surface area contributed by atoms with Crippen molar-refractivity contribution >= 4 is 52.8 Å². The highest BCUT2D eigenvalue weighted by molar-refractivity contribution is 6.42. The van der Waals surface area contributed by atoms with E-state index in [1.807, 2.05) is 26.0 Å². The molecule has 1 atom stereocenters. The first-order valence-corrected chi connectivity index (χ1v) is 12.5. The Morgan fingerprint density at radius 1 is 0.946 bits per heavy atom. The topological polar surface area (TPSA) is 89.0 Å². The lowest BCUT2D eigenvalue weighted by Crippen LogP contribution is -2.48. The molecule has 0 aliphatic rings. The molecule has 0 saturated carbocycles. The average molecular weight is 563 g/mol. The van der Waals surface area contributed by atoms with Crippen LogP contribution in [0, 0.1) is 5.92 Å². The van der Waals surface area contributed by atoms with Gasteiger partial charge in [-0.2, -0.15) is 5.10 Å². The molecular weight excluding hydrogens is 537 g/mol. The number of rotatable bonds is 10. The highest BCUT2D eigenvalue weighted by atomic mass is 35.5. The second kappa shape index (κ2) is 13.3. The Hall–Kier alpha value is -3.26. The number of carbonyl (C=O) groups is 2. The largest absolute Gasteiger partial charge is 0.493 e. The molecule has 0 bridgehead atoms. The Balaban J connectivity index is 1.61. The minimum absolute atomic E-state index is 0.195. The number of benzene rings is 3. The molecule has 37 heavy (non-hydrogen) atoms. The van der Waals surface area contributed by atoms with E-state index in [0.29, 0.717) is 39.3 Å². The van der Waals surface area contributed by atoms with Gasteiger partial charge in [-0.15, -0.1) is 0 Å². The lowest BCUT2D eigenvalue weighted by atomic mass is 10.0. The van der Waals surface area contributed by atoms with E-state index in [1.54, 1.807) is 30.3 Å². The van der Waals surface area contributed by atoms with Crippen molar-refractivity contribution in [2.45, 2.75) is 26.5 Å². The SMILES string of the molecule is COc1cc(/C=N\NC(=O)C(NC(=O)c2ccc(Cl)c(Cl)c2)C(C)C)ccc1OCc1ccc(Cl)cc1. The van der Waals surface area contributed by atoms with Gasteiger partial charge in [-0.05, 0) is 65.6 Å². The molecule has 0 aromatic heterocycles. The van der Waals surface area contributed by atoms with Crippen molar-refractivity contribution in [2.24, 2.45) is 11.0 Å². The first-order chi connectivity index (χ1) is 17.7. The Bertz CT molecular complexity index is 1280. The monoisotopic (exact) mass is 561 g/mol. The number of ether oxygens (including phenoxy) is 2. The zero-order valence-corrected chi connectivity index (χ0v) is 22.7. The maximum absolute atomic E-state index is 12.7. The molecule has 0 spiro atoms. The van der Waals surface area contributed by atoms with Gasteiger partial charge < -0.3 is 14.8 Å². The summed E-state index contributed by atoms with van der Waals surface area (Å²) in [5.74, 6) is -0.0364. The molecule has 1 unspecified atom stereocenters. The number of hydrazone groups is 1. The lowest BCUT2D eigenvalue weighted by Gasteiger charge is -2.20. The van der Waals surface area contributed by atoms with Crippen LogP contribution in [-0.2, 0) is 11.4 Å². The summed E-state index contributed by atoms with van der Waals surface area (Å²) in [6.07, 6.45) is 1.47. The molecule has 194 valence electrons. The first-order valence-electron chi connectivity index (χ1n) is 11.3. The number of nitrogens with zero attached hydrogens (tertiary/aromatic N) is 1. The maximum Gasteiger partial charge on any atom is 0.262 e. The van der Waals surface area contributed by atoms with Gasteiger partial charge in [0.2, 0.25) is 0 Å². The van der Waals surface area contributed by atoms with E-state index < -0.39 is 17.9 Å². The van der Waals surface area contributed by atoms with Gasteiger partial charge in [0.05, 0.1) is 23.4 Å². The lowest BCUT2D eigenvalue weighted by molar-refractivity contribution is -0.123. The van der Waals surface area contributed by atoms with Gasteiger partial charge >= 0.3 is 0 Å². The van der Waals surface area contributed by atoms with E-state index in [4.69, 9.17) is 44.3 Å². The van der Waals surface area contributed by atoms with Crippen molar-refractivity contribution in [1.29, 1.82) is 0 Å². The molecule has 3 rings (SSSR count). The second-order valence-electron chi connectivity index (χ2n) is 8.38. The predicted octanol–water partition coefficient (Wildman–Crippen LogP) is 6.14. The van der Waals surface area contributed by atoms with Crippen molar-refractivity contribution in [3.05, 3.63) is 92.4 Å². The quantitative estimate of drug-likeness (QED) is 0.229. The zero-order chi connectivity index (χ0) is 26.9. The fourth-order valence-corrected chi connectivity index (χ4v) is 3.69. The van der Waals surface area contributed by atoms with Gasteiger partial charge in [-0.1, -0.05) is 60.8 Å². The van der Waals surface area contributed by atoms with Gasteiger partial charge in [-0.3, -0.25) is 9.59 Å². The van der Waals surface area contributed by atoms with Crippen LogP contribution >= 0.6 is 34.8 Å². The molecule has 2 N–H and O–H groups in total. The molecule has 0 heterocycles. The fourth-order valence-electron chi connectivity index (χ4n) is 3.26. The Morgan fingerprint density at radius 2 is 1.68 bits per heavy atom. The summed E-state index contributed by atoms with van der Waals surface area (Å²) in [5, 5.41) is 7.99. The fraction of sp³-hybridized carbons (Fsp3) is 0.222. The van der Waals surface area contributed by atoms with Crippen LogP contribution < -0.4 is 20.2 Å². The van der Waals surface area contributed by atoms with Crippen molar-refractivity contribution in [2.75, 3.05) is 7.11 Å². The summed E-state index contributed by atoms with van der Waals surface area (Å²) in [6, 6.07) is 16.3. The number of halogens is 3. The van der Waals surface area contributed by atoms with Crippen LogP contribution in [0.5, 0.6) is 11.5 Å². The minimum atomic E-state index is -0.822. The Kier molecular flexibility index (Phi) is 10.2. The van der Waals surface area contributed by atoms with Crippen LogP contribution in [0.15, 0.2) is 65.8 Å². The molecule has 0 aliphatic heterocycles. The van der Waals surface area contributed by atoms with Crippen molar-refractivity contribution < 1.29 is 19.1 Å². The first kappa shape index (κ1) is 28.3. The number of methoxy groups -OCH3 is 1. The van der Waals surface area contributed by atoms with E-state index in [1.165, 1.54) is 31.5 Å². The summed E-state index contributed by atoms with van der Waals surface area (Å²) in [7, 11) is 1.54. The summed E-state index contributed by atoms with van der Waals surface area (Å²) in [4.78, 5) is 25.4. The van der Waals surface area contributed by atoms with Crippen LogP contribution in [0.4, 0.5) is 0 Å². The third-order valence-electron chi connectivity index (χ3n) is 5.30. The minimum Gasteiger partial charge on any atom is -0.493 e.